The monoisotopic (exact) mass is 719 g/mol. The molecule has 11 rings (SSSR count). The molecule has 1 nitrogen and oxygen atoms in total. The molecule has 3 aromatic heterocycles. The quantitative estimate of drug-likeness (QED) is 0.175. The highest BCUT2D eigenvalue weighted by Gasteiger charge is 2.53. The van der Waals surface area contributed by atoms with Crippen LogP contribution < -0.4 is 4.90 Å². The van der Waals surface area contributed by atoms with Crippen molar-refractivity contribution in [2.24, 2.45) is 0 Å². The highest BCUT2D eigenvalue weighted by molar-refractivity contribution is 7.26. The molecule has 4 heteroatoms. The Labute approximate surface area is 315 Å². The highest BCUT2D eigenvalue weighted by atomic mass is 32.1. The number of anilines is 3. The predicted octanol–water partition coefficient (Wildman–Crippen LogP) is 14.8. The second kappa shape index (κ2) is 11.4. The molecule has 0 saturated heterocycles. The Morgan fingerprint density at radius 3 is 1.94 bits per heavy atom. The van der Waals surface area contributed by atoms with Gasteiger partial charge in [-0.2, -0.15) is 0 Å². The Balaban J connectivity index is 1.23. The number of benzene rings is 6. The second-order valence-electron chi connectivity index (χ2n) is 14.3. The van der Waals surface area contributed by atoms with Gasteiger partial charge in [-0.1, -0.05) is 117 Å². The van der Waals surface area contributed by atoms with Crippen LogP contribution in [0, 0.1) is 0 Å². The molecular weight excluding hydrogens is 687 g/mol. The molecule has 0 N–H and O–H groups in total. The molecule has 9 aromatic rings. The number of nitrogens with zero attached hydrogens (tertiary/aromatic N) is 1. The Kier molecular flexibility index (Phi) is 6.64. The predicted molar refractivity (Wildman–Crippen MR) is 226 cm³/mol. The lowest BCUT2D eigenvalue weighted by molar-refractivity contribution is 0.754. The molecule has 2 aliphatic rings. The van der Waals surface area contributed by atoms with E-state index in [0.29, 0.717) is 5.92 Å². The Morgan fingerprint density at radius 1 is 0.519 bits per heavy atom. The van der Waals surface area contributed by atoms with Crippen LogP contribution in [0.1, 0.15) is 47.6 Å². The van der Waals surface area contributed by atoms with Crippen LogP contribution in [0.2, 0.25) is 0 Å². The number of rotatable bonds is 4. The molecule has 52 heavy (non-hydrogen) atoms. The molecule has 0 atom stereocenters. The third-order valence-corrected chi connectivity index (χ3v) is 14.4. The lowest BCUT2D eigenvalue weighted by Gasteiger charge is -2.45. The maximum atomic E-state index is 2.61. The minimum Gasteiger partial charge on any atom is -0.308 e. The summed E-state index contributed by atoms with van der Waals surface area (Å²) in [6.07, 6.45) is 0. The maximum Gasteiger partial charge on any atom is 0.0771 e. The Morgan fingerprint density at radius 2 is 1.17 bits per heavy atom. The van der Waals surface area contributed by atoms with Crippen molar-refractivity contribution < 1.29 is 0 Å². The first kappa shape index (κ1) is 30.4. The van der Waals surface area contributed by atoms with Crippen molar-refractivity contribution in [1.29, 1.82) is 0 Å². The summed E-state index contributed by atoms with van der Waals surface area (Å²) in [5.74, 6) is 0.397. The first-order chi connectivity index (χ1) is 25.6. The number of thiophene rings is 3. The highest BCUT2D eigenvalue weighted by Crippen LogP contribution is 2.67. The number of hydrogen-bond acceptors (Lipinski definition) is 4. The van der Waals surface area contributed by atoms with Crippen LogP contribution in [0.3, 0.4) is 0 Å². The first-order valence-electron chi connectivity index (χ1n) is 17.9. The van der Waals surface area contributed by atoms with Crippen LogP contribution in [-0.2, 0) is 5.41 Å². The van der Waals surface area contributed by atoms with Gasteiger partial charge in [-0.05, 0) is 109 Å². The topological polar surface area (TPSA) is 3.24 Å². The lowest BCUT2D eigenvalue weighted by atomic mass is 9.65. The van der Waals surface area contributed by atoms with Crippen molar-refractivity contribution in [3.63, 3.8) is 0 Å². The molecule has 0 fully saturated rings. The second-order valence-corrected chi connectivity index (χ2v) is 17.2. The van der Waals surface area contributed by atoms with Gasteiger partial charge in [-0.3, -0.25) is 0 Å². The molecule has 0 saturated carbocycles. The summed E-state index contributed by atoms with van der Waals surface area (Å²) >= 11 is 5.71. The van der Waals surface area contributed by atoms with Crippen LogP contribution in [0.5, 0.6) is 0 Å². The summed E-state index contributed by atoms with van der Waals surface area (Å²) < 4.78 is 2.67. The average Bonchev–Trinajstić information content (AvgIpc) is 3.99. The van der Waals surface area contributed by atoms with Gasteiger partial charge in [0.2, 0.25) is 0 Å². The third-order valence-electron chi connectivity index (χ3n) is 11.2. The lowest BCUT2D eigenvalue weighted by Crippen LogP contribution is -2.36. The van der Waals surface area contributed by atoms with Gasteiger partial charge in [0.15, 0.2) is 0 Å². The fourth-order valence-electron chi connectivity index (χ4n) is 8.86. The molecule has 0 amide bonds. The van der Waals surface area contributed by atoms with E-state index in [9.17, 15) is 0 Å². The average molecular weight is 720 g/mol. The van der Waals surface area contributed by atoms with Crippen molar-refractivity contribution in [3.8, 4) is 32.0 Å². The zero-order valence-electron chi connectivity index (χ0n) is 28.8. The minimum absolute atomic E-state index is 0.396. The Hall–Kier alpha value is -5.26. The molecule has 1 spiro atoms. The van der Waals surface area contributed by atoms with Crippen molar-refractivity contribution in [2.75, 3.05) is 4.90 Å². The number of hydrogen-bond donors (Lipinski definition) is 0. The van der Waals surface area contributed by atoms with Gasteiger partial charge in [0.1, 0.15) is 0 Å². The zero-order valence-corrected chi connectivity index (χ0v) is 31.2. The summed E-state index contributed by atoms with van der Waals surface area (Å²) in [4.78, 5) is 5.44. The molecule has 248 valence electrons. The molecule has 4 heterocycles. The fourth-order valence-corrected chi connectivity index (χ4v) is 12.2. The van der Waals surface area contributed by atoms with Crippen molar-refractivity contribution in [3.05, 3.63) is 184 Å². The molecule has 1 aliphatic carbocycles. The minimum atomic E-state index is -0.396. The molecule has 0 unspecified atom stereocenters. The van der Waals surface area contributed by atoms with Crippen molar-refractivity contribution in [2.45, 2.75) is 25.2 Å². The molecular formula is C48H33NS3. The first-order valence-corrected chi connectivity index (χ1v) is 20.5. The summed E-state index contributed by atoms with van der Waals surface area (Å²) in [6, 6.07) is 54.8. The van der Waals surface area contributed by atoms with Gasteiger partial charge < -0.3 is 4.90 Å². The molecule has 6 aromatic carbocycles. The van der Waals surface area contributed by atoms with Crippen LogP contribution >= 0.6 is 34.0 Å². The van der Waals surface area contributed by atoms with Crippen LogP contribution in [0.15, 0.2) is 156 Å². The van der Waals surface area contributed by atoms with Gasteiger partial charge in [0.05, 0.1) is 21.5 Å². The van der Waals surface area contributed by atoms with Crippen LogP contribution in [0.4, 0.5) is 17.1 Å². The molecule has 0 bridgehead atoms. The van der Waals surface area contributed by atoms with E-state index in [-0.39, 0.29) is 0 Å². The van der Waals surface area contributed by atoms with Gasteiger partial charge in [0, 0.05) is 30.9 Å². The normalized spacial score (nSPS) is 13.9. The summed E-state index contributed by atoms with van der Waals surface area (Å²) in [6.45, 7) is 4.62. The van der Waals surface area contributed by atoms with Gasteiger partial charge in [-0.15, -0.1) is 34.0 Å². The van der Waals surface area contributed by atoms with E-state index in [2.05, 4.69) is 175 Å². The van der Waals surface area contributed by atoms with E-state index < -0.39 is 5.41 Å². The van der Waals surface area contributed by atoms with E-state index in [4.69, 9.17) is 0 Å². The smallest absolute Gasteiger partial charge is 0.0771 e. The van der Waals surface area contributed by atoms with E-state index in [0.717, 1.165) is 0 Å². The van der Waals surface area contributed by atoms with Crippen LogP contribution in [0.25, 0.3) is 52.2 Å². The van der Waals surface area contributed by atoms with Crippen molar-refractivity contribution in [1.82, 2.24) is 0 Å². The molecule has 0 radical (unpaired) electrons. The van der Waals surface area contributed by atoms with Crippen molar-refractivity contribution >= 4 is 71.2 Å². The Bertz CT molecular complexity index is 2810. The van der Waals surface area contributed by atoms with E-state index in [1.54, 1.807) is 0 Å². The summed E-state index contributed by atoms with van der Waals surface area (Å²) in [5.41, 5.74) is 15.2. The standard InChI is InChI=1S/C48H33NS3/c1-29(2)31-18-20-38-42(28-31)49(35-15-9-14-34(27-35)33-13-8-12-32(26-33)30-10-4-3-5-11-30)44-39(21-19-37-36-16-6-7-17-43(36)52-45(37)44)48(38)40-22-24-50-46(40)47-41(48)23-25-51-47/h3-29H,1-2H3. The number of fused-ring (bicyclic) bond motifs is 13. The van der Waals surface area contributed by atoms with E-state index in [1.165, 1.54) is 97.1 Å². The zero-order chi connectivity index (χ0) is 34.6. The van der Waals surface area contributed by atoms with Gasteiger partial charge >= 0.3 is 0 Å². The summed E-state index contributed by atoms with van der Waals surface area (Å²) in [5, 5.41) is 7.25. The van der Waals surface area contributed by atoms with E-state index in [1.807, 2.05) is 34.0 Å². The van der Waals surface area contributed by atoms with Crippen LogP contribution in [-0.4, -0.2) is 0 Å². The van der Waals surface area contributed by atoms with E-state index >= 15 is 0 Å². The van der Waals surface area contributed by atoms with Gasteiger partial charge in [-0.25, -0.2) is 0 Å². The molecule has 1 aliphatic heterocycles. The fraction of sp³-hybridized carbons (Fsp3) is 0.0833. The largest absolute Gasteiger partial charge is 0.308 e. The third kappa shape index (κ3) is 4.14. The summed E-state index contributed by atoms with van der Waals surface area (Å²) in [7, 11) is 0. The van der Waals surface area contributed by atoms with Gasteiger partial charge in [0.25, 0.3) is 0 Å². The maximum absolute atomic E-state index is 2.61. The SMILES string of the molecule is CC(C)c1ccc2c(c1)N(c1cccc(-c3cccc(-c4ccccc4)c3)c1)c1c(ccc3c1sc1ccccc13)C21c2ccsc2-c2sccc21.